The van der Waals surface area contributed by atoms with Crippen LogP contribution in [-0.2, 0) is 22.8 Å². The lowest BCUT2D eigenvalue weighted by Crippen LogP contribution is -2.42. The number of halogens is 4. The molecule has 0 spiro atoms. The summed E-state index contributed by atoms with van der Waals surface area (Å²) in [6.07, 6.45) is -2.14. The monoisotopic (exact) mass is 634 g/mol. The molecule has 5 aromatic rings. The highest BCUT2D eigenvalue weighted by Crippen LogP contribution is 2.41. The van der Waals surface area contributed by atoms with Crippen molar-refractivity contribution in [2.24, 2.45) is 0 Å². The van der Waals surface area contributed by atoms with Gasteiger partial charge < -0.3 is 14.9 Å². The Kier molecular flexibility index (Phi) is 9.85. The van der Waals surface area contributed by atoms with Gasteiger partial charge in [0, 0.05) is 30.5 Å². The molecule has 1 N–H and O–H groups in total. The Morgan fingerprint density at radius 3 is 2.16 bits per heavy atom. The number of rotatable bonds is 12. The Morgan fingerprint density at radius 1 is 0.889 bits per heavy atom. The van der Waals surface area contributed by atoms with Gasteiger partial charge >= 0.3 is 12.1 Å². The maximum absolute atomic E-state index is 13.8. The Labute approximate surface area is 265 Å². The lowest BCUT2D eigenvalue weighted by atomic mass is 9.70. The quantitative estimate of drug-likeness (QED) is 0.140. The second-order valence-corrected chi connectivity index (χ2v) is 11.5. The molecule has 5 nitrogen and oxygen atoms in total. The van der Waals surface area contributed by atoms with Crippen molar-refractivity contribution in [3.05, 3.63) is 137 Å². The number of nitrogens with zero attached hydrogens (tertiary/aromatic N) is 1. The van der Waals surface area contributed by atoms with Crippen LogP contribution >= 0.6 is 11.6 Å². The van der Waals surface area contributed by atoms with Gasteiger partial charge in [-0.25, -0.2) is 4.79 Å². The first-order valence-corrected chi connectivity index (χ1v) is 15.1. The van der Waals surface area contributed by atoms with E-state index in [4.69, 9.17) is 21.2 Å². The van der Waals surface area contributed by atoms with Gasteiger partial charge in [-0.05, 0) is 67.3 Å². The van der Waals surface area contributed by atoms with Crippen molar-refractivity contribution in [2.45, 2.75) is 44.4 Å². The van der Waals surface area contributed by atoms with Gasteiger partial charge in [0.25, 0.3) is 0 Å². The maximum Gasteiger partial charge on any atom is 0.417 e. The number of carbonyl (C=O) groups excluding carboxylic acids is 1. The van der Waals surface area contributed by atoms with E-state index in [9.17, 15) is 18.0 Å². The van der Waals surface area contributed by atoms with Crippen LogP contribution in [0.2, 0.25) is 5.02 Å². The van der Waals surface area contributed by atoms with Gasteiger partial charge in [-0.1, -0.05) is 90.5 Å². The summed E-state index contributed by atoms with van der Waals surface area (Å²) in [5.41, 5.74) is 1.51. The van der Waals surface area contributed by atoms with Crippen molar-refractivity contribution in [1.29, 1.82) is 0 Å². The number of aromatic nitrogens is 1. The molecule has 0 aliphatic heterocycles. The SMILES string of the molecule is CC(=O)On1ccc2c(OC(C)CCNCC(Cc3cccc(C(F)(F)F)c3Cl)(c3ccccc3)c3ccccc3)cccc21. The molecule has 0 amide bonds. The van der Waals surface area contributed by atoms with Crippen LogP contribution in [0.4, 0.5) is 13.2 Å². The number of nitrogens with one attached hydrogen (secondary N) is 1. The molecule has 0 radical (unpaired) electrons. The average molecular weight is 635 g/mol. The van der Waals surface area contributed by atoms with Crippen molar-refractivity contribution in [3.8, 4) is 5.75 Å². The van der Waals surface area contributed by atoms with Crippen LogP contribution in [0.3, 0.4) is 0 Å². The van der Waals surface area contributed by atoms with Gasteiger partial charge in [-0.2, -0.15) is 17.9 Å². The summed E-state index contributed by atoms with van der Waals surface area (Å²) in [5.74, 6) is 0.253. The first-order valence-electron chi connectivity index (χ1n) is 14.7. The molecule has 1 unspecified atom stereocenters. The van der Waals surface area contributed by atoms with Crippen molar-refractivity contribution in [1.82, 2.24) is 10.0 Å². The van der Waals surface area contributed by atoms with E-state index in [2.05, 4.69) is 5.32 Å². The average Bonchev–Trinajstić information content (AvgIpc) is 3.43. The standard InChI is InChI=1S/C36H34ClF3N2O3/c1-25(44-33-18-10-17-32-30(33)20-22-42(32)45-26(2)43)19-21-41-24-35(28-12-5-3-6-13-28,29-14-7-4-8-15-29)23-27-11-9-16-31(34(27)37)36(38,39)40/h3-18,20,22,25,41H,19,21,23-24H2,1-2H3. The minimum Gasteiger partial charge on any atom is -0.490 e. The highest BCUT2D eigenvalue weighted by atomic mass is 35.5. The maximum atomic E-state index is 13.8. The second-order valence-electron chi connectivity index (χ2n) is 11.1. The molecule has 1 heterocycles. The zero-order chi connectivity index (χ0) is 32.0. The zero-order valence-electron chi connectivity index (χ0n) is 25.0. The Morgan fingerprint density at radius 2 is 1.53 bits per heavy atom. The molecule has 1 atom stereocenters. The van der Waals surface area contributed by atoms with Crippen LogP contribution in [0.5, 0.6) is 5.75 Å². The Bertz CT molecular complexity index is 1700. The fourth-order valence-corrected chi connectivity index (χ4v) is 6.03. The van der Waals surface area contributed by atoms with Crippen LogP contribution in [0.15, 0.2) is 109 Å². The highest BCUT2D eigenvalue weighted by Gasteiger charge is 2.38. The van der Waals surface area contributed by atoms with Crippen molar-refractivity contribution < 1.29 is 27.5 Å². The van der Waals surface area contributed by atoms with E-state index in [1.807, 2.05) is 91.9 Å². The first kappa shape index (κ1) is 32.1. The van der Waals surface area contributed by atoms with Gasteiger partial charge in [0.2, 0.25) is 0 Å². The number of hydrogen-bond acceptors (Lipinski definition) is 4. The summed E-state index contributed by atoms with van der Waals surface area (Å²) in [4.78, 5) is 16.7. The van der Waals surface area contributed by atoms with Crippen LogP contribution in [0, 0.1) is 0 Å². The third kappa shape index (κ3) is 7.35. The summed E-state index contributed by atoms with van der Waals surface area (Å²) >= 11 is 6.44. The zero-order valence-corrected chi connectivity index (χ0v) is 25.7. The van der Waals surface area contributed by atoms with Crippen LogP contribution in [0.25, 0.3) is 10.9 Å². The lowest BCUT2D eigenvalue weighted by Gasteiger charge is -2.36. The molecule has 0 aliphatic carbocycles. The second kappa shape index (κ2) is 13.8. The Balaban J connectivity index is 1.37. The number of carbonyl (C=O) groups is 1. The van der Waals surface area contributed by atoms with Gasteiger partial charge in [0.15, 0.2) is 0 Å². The van der Waals surface area contributed by atoms with Gasteiger partial charge in [-0.15, -0.1) is 0 Å². The molecular formula is C36H34ClF3N2O3. The highest BCUT2D eigenvalue weighted by molar-refractivity contribution is 6.32. The number of benzene rings is 4. The molecule has 4 aromatic carbocycles. The lowest BCUT2D eigenvalue weighted by molar-refractivity contribution is -0.141. The predicted octanol–water partition coefficient (Wildman–Crippen LogP) is 8.26. The van der Waals surface area contributed by atoms with E-state index in [0.717, 1.165) is 28.1 Å². The molecule has 0 aliphatic rings. The molecule has 0 saturated carbocycles. The first-order chi connectivity index (χ1) is 21.6. The molecule has 0 saturated heterocycles. The summed E-state index contributed by atoms with van der Waals surface area (Å²) in [6, 6.07) is 31.1. The topological polar surface area (TPSA) is 52.5 Å². The molecule has 9 heteroatoms. The molecular weight excluding hydrogens is 601 g/mol. The molecule has 5 rings (SSSR count). The third-order valence-electron chi connectivity index (χ3n) is 7.90. The van der Waals surface area contributed by atoms with Crippen molar-refractivity contribution in [2.75, 3.05) is 13.1 Å². The largest absolute Gasteiger partial charge is 0.490 e. The molecule has 0 fully saturated rings. The fourth-order valence-electron chi connectivity index (χ4n) is 5.73. The summed E-state index contributed by atoms with van der Waals surface area (Å²) in [6.45, 7) is 4.36. The smallest absolute Gasteiger partial charge is 0.417 e. The van der Waals surface area contributed by atoms with Crippen LogP contribution in [0.1, 0.15) is 42.5 Å². The molecule has 0 bridgehead atoms. The molecule has 234 valence electrons. The number of fused-ring (bicyclic) bond motifs is 1. The Hall–Kier alpha value is -4.27. The van der Waals surface area contributed by atoms with E-state index in [-0.39, 0.29) is 17.5 Å². The summed E-state index contributed by atoms with van der Waals surface area (Å²) in [7, 11) is 0. The number of hydrogen-bond donors (Lipinski definition) is 1. The van der Waals surface area contributed by atoms with E-state index in [1.165, 1.54) is 17.7 Å². The number of ether oxygens (including phenoxy) is 1. The summed E-state index contributed by atoms with van der Waals surface area (Å²) in [5, 5.41) is 4.13. The van der Waals surface area contributed by atoms with Crippen LogP contribution in [-0.4, -0.2) is 29.9 Å². The van der Waals surface area contributed by atoms with Gasteiger partial charge in [0.05, 0.1) is 22.2 Å². The van der Waals surface area contributed by atoms with Crippen LogP contribution < -0.4 is 14.9 Å². The molecule has 45 heavy (non-hydrogen) atoms. The minimum atomic E-state index is -4.56. The van der Waals surface area contributed by atoms with Gasteiger partial charge in [-0.3, -0.25) is 0 Å². The third-order valence-corrected chi connectivity index (χ3v) is 8.34. The van der Waals surface area contributed by atoms with E-state index in [1.54, 1.807) is 12.3 Å². The van der Waals surface area contributed by atoms with Crippen molar-refractivity contribution >= 4 is 28.5 Å². The minimum absolute atomic E-state index is 0.166. The van der Waals surface area contributed by atoms with E-state index >= 15 is 0 Å². The van der Waals surface area contributed by atoms with Crippen molar-refractivity contribution in [3.63, 3.8) is 0 Å². The van der Waals surface area contributed by atoms with E-state index < -0.39 is 23.1 Å². The summed E-state index contributed by atoms with van der Waals surface area (Å²) < 4.78 is 49.1. The predicted molar refractivity (Wildman–Crippen MR) is 171 cm³/mol. The molecule has 1 aromatic heterocycles. The number of alkyl halides is 3. The normalized spacial score (nSPS) is 12.7. The van der Waals surface area contributed by atoms with Gasteiger partial charge in [0.1, 0.15) is 5.75 Å². The fraction of sp³-hybridized carbons (Fsp3) is 0.250. The van der Waals surface area contributed by atoms with E-state index in [0.29, 0.717) is 30.8 Å².